The Hall–Kier alpha value is -2.28. The first-order valence-electron chi connectivity index (χ1n) is 9.69. The molecule has 3 heterocycles. The highest BCUT2D eigenvalue weighted by atomic mass is 35.5. The zero-order chi connectivity index (χ0) is 19.3. The van der Waals surface area contributed by atoms with Crippen molar-refractivity contribution in [1.29, 1.82) is 0 Å². The molecule has 28 heavy (non-hydrogen) atoms. The first-order chi connectivity index (χ1) is 13.6. The fourth-order valence-electron chi connectivity index (χ4n) is 4.05. The molecule has 1 saturated carbocycles. The van der Waals surface area contributed by atoms with Crippen LogP contribution in [0.4, 0.5) is 14.5 Å². The van der Waals surface area contributed by atoms with Crippen molar-refractivity contribution < 1.29 is 8.78 Å². The van der Waals surface area contributed by atoms with Gasteiger partial charge in [-0.15, -0.1) is 10.2 Å². The van der Waals surface area contributed by atoms with E-state index in [-0.39, 0.29) is 5.92 Å². The van der Waals surface area contributed by atoms with Gasteiger partial charge < -0.3 is 4.90 Å². The van der Waals surface area contributed by atoms with Gasteiger partial charge >= 0.3 is 0 Å². The van der Waals surface area contributed by atoms with Crippen LogP contribution in [-0.2, 0) is 6.42 Å². The van der Waals surface area contributed by atoms with Crippen LogP contribution in [0.2, 0.25) is 5.02 Å². The topological polar surface area (TPSA) is 46.3 Å². The van der Waals surface area contributed by atoms with E-state index in [1.165, 1.54) is 18.9 Å². The Bertz CT molecular complexity index is 1020. The molecule has 0 radical (unpaired) electrons. The van der Waals surface area contributed by atoms with Gasteiger partial charge in [-0.25, -0.2) is 8.78 Å². The smallest absolute Gasteiger partial charge is 0.198 e. The van der Waals surface area contributed by atoms with Crippen LogP contribution >= 0.6 is 11.6 Å². The van der Waals surface area contributed by atoms with Gasteiger partial charge in [0.25, 0.3) is 0 Å². The van der Waals surface area contributed by atoms with E-state index in [1.807, 2.05) is 0 Å². The van der Waals surface area contributed by atoms with Gasteiger partial charge in [-0.1, -0.05) is 17.7 Å². The van der Waals surface area contributed by atoms with Gasteiger partial charge in [0.2, 0.25) is 0 Å². The molecule has 0 amide bonds. The summed E-state index contributed by atoms with van der Waals surface area (Å²) >= 11 is 6.63. The molecule has 2 aliphatic rings. The second-order valence-electron chi connectivity index (χ2n) is 7.77. The van der Waals surface area contributed by atoms with Crippen LogP contribution in [0.25, 0.3) is 5.65 Å². The molecule has 1 aliphatic carbocycles. The van der Waals surface area contributed by atoms with Gasteiger partial charge in [-0.05, 0) is 49.1 Å². The highest BCUT2D eigenvalue weighted by Gasteiger charge is 2.27. The van der Waals surface area contributed by atoms with Crippen molar-refractivity contribution in [3.05, 3.63) is 52.4 Å². The van der Waals surface area contributed by atoms with Crippen molar-refractivity contribution in [2.45, 2.75) is 38.0 Å². The van der Waals surface area contributed by atoms with Crippen LogP contribution in [0, 0.1) is 17.6 Å². The van der Waals surface area contributed by atoms with Crippen molar-refractivity contribution in [2.75, 3.05) is 18.0 Å². The normalized spacial score (nSPS) is 18.2. The first-order valence-corrected chi connectivity index (χ1v) is 10.1. The predicted octanol–water partition coefficient (Wildman–Crippen LogP) is 4.39. The van der Waals surface area contributed by atoms with Crippen LogP contribution in [0.15, 0.2) is 24.4 Å². The fraction of sp³-hybridized carbons (Fsp3) is 0.450. The molecule has 5 nitrogen and oxygen atoms in total. The van der Waals surface area contributed by atoms with Gasteiger partial charge in [-0.3, -0.25) is 0 Å². The van der Waals surface area contributed by atoms with Gasteiger partial charge in [0, 0.05) is 25.6 Å². The van der Waals surface area contributed by atoms with Gasteiger partial charge in [0.1, 0.15) is 16.7 Å². The summed E-state index contributed by atoms with van der Waals surface area (Å²) in [5, 5.41) is 13.6. The highest BCUT2D eigenvalue weighted by Crippen LogP contribution is 2.36. The van der Waals surface area contributed by atoms with E-state index in [9.17, 15) is 8.78 Å². The van der Waals surface area contributed by atoms with Crippen LogP contribution in [-0.4, -0.2) is 32.9 Å². The number of piperidine rings is 1. The molecule has 5 rings (SSSR count). The van der Waals surface area contributed by atoms with E-state index in [1.54, 1.807) is 16.8 Å². The lowest BCUT2D eigenvalue weighted by molar-refractivity contribution is 0.477. The summed E-state index contributed by atoms with van der Waals surface area (Å²) in [4.78, 5) is 2.16. The largest absolute Gasteiger partial charge is 0.369 e. The Morgan fingerprint density at radius 3 is 2.57 bits per heavy atom. The molecule has 0 unspecified atom stereocenters. The maximum absolute atomic E-state index is 14.1. The lowest BCUT2D eigenvalue weighted by atomic mass is 9.89. The van der Waals surface area contributed by atoms with E-state index in [0.717, 1.165) is 49.9 Å². The third-order valence-corrected chi connectivity index (χ3v) is 6.19. The zero-order valence-corrected chi connectivity index (χ0v) is 16.0. The summed E-state index contributed by atoms with van der Waals surface area (Å²) in [5.74, 6) is 0.617. The van der Waals surface area contributed by atoms with Crippen LogP contribution < -0.4 is 4.90 Å². The molecule has 0 spiro atoms. The third kappa shape index (κ3) is 3.21. The third-order valence-electron chi connectivity index (χ3n) is 5.83. The number of hydrogen-bond donors (Lipinski definition) is 0. The molecule has 3 aromatic rings. The predicted molar refractivity (Wildman–Crippen MR) is 103 cm³/mol. The summed E-state index contributed by atoms with van der Waals surface area (Å²) in [7, 11) is 0. The maximum Gasteiger partial charge on any atom is 0.198 e. The Kier molecular flexibility index (Phi) is 4.42. The van der Waals surface area contributed by atoms with E-state index in [2.05, 4.69) is 20.2 Å². The Morgan fingerprint density at radius 2 is 1.86 bits per heavy atom. The molecule has 146 valence electrons. The molecule has 1 aliphatic heterocycles. The van der Waals surface area contributed by atoms with Crippen LogP contribution in [0.1, 0.15) is 43.0 Å². The minimum atomic E-state index is -0.542. The average molecular weight is 404 g/mol. The number of halogens is 3. The molecule has 1 saturated heterocycles. The number of nitrogens with zero attached hydrogens (tertiary/aromatic N) is 5. The molecule has 8 heteroatoms. The summed E-state index contributed by atoms with van der Waals surface area (Å²) in [5.41, 5.74) is 2.00. The minimum Gasteiger partial charge on any atom is -0.369 e. The van der Waals surface area contributed by atoms with Crippen molar-refractivity contribution in [3.63, 3.8) is 0 Å². The summed E-state index contributed by atoms with van der Waals surface area (Å²) in [6.45, 7) is 1.45. The highest BCUT2D eigenvalue weighted by molar-refractivity contribution is 6.36. The van der Waals surface area contributed by atoms with Crippen molar-refractivity contribution in [2.24, 2.45) is 5.92 Å². The fourth-order valence-corrected chi connectivity index (χ4v) is 4.33. The van der Waals surface area contributed by atoms with E-state index in [0.29, 0.717) is 22.2 Å². The SMILES string of the molecule is Fc1ccc(C2CCN(c3cnn4c(CC5CC5)nnc4c3Cl)CC2)c(F)c1. The summed E-state index contributed by atoms with van der Waals surface area (Å²) < 4.78 is 29.0. The number of anilines is 1. The number of aromatic nitrogens is 4. The van der Waals surface area contributed by atoms with Crippen molar-refractivity contribution >= 4 is 22.9 Å². The van der Waals surface area contributed by atoms with Crippen LogP contribution in [0.3, 0.4) is 0 Å². The second-order valence-corrected chi connectivity index (χ2v) is 8.15. The quantitative estimate of drug-likeness (QED) is 0.648. The molecule has 2 fully saturated rings. The van der Waals surface area contributed by atoms with E-state index in [4.69, 9.17) is 11.6 Å². The molecule has 0 bridgehead atoms. The molecule has 1 aromatic carbocycles. The number of benzene rings is 1. The minimum absolute atomic E-state index is 0.0746. The van der Waals surface area contributed by atoms with Crippen molar-refractivity contribution in [3.8, 4) is 0 Å². The maximum atomic E-state index is 14.1. The van der Waals surface area contributed by atoms with Gasteiger partial charge in [-0.2, -0.15) is 9.61 Å². The zero-order valence-electron chi connectivity index (χ0n) is 15.3. The molecular formula is C20H20ClF2N5. The lowest BCUT2D eigenvalue weighted by Gasteiger charge is -2.34. The number of fused-ring (bicyclic) bond motifs is 1. The van der Waals surface area contributed by atoms with E-state index >= 15 is 0 Å². The number of hydrogen-bond acceptors (Lipinski definition) is 4. The summed E-state index contributed by atoms with van der Waals surface area (Å²) in [6.07, 6.45) is 6.67. The average Bonchev–Trinajstić information content (AvgIpc) is 3.41. The molecule has 0 atom stereocenters. The first kappa shape index (κ1) is 17.8. The lowest BCUT2D eigenvalue weighted by Crippen LogP contribution is -2.33. The Morgan fingerprint density at radius 1 is 1.07 bits per heavy atom. The molecule has 0 N–H and O–H groups in total. The standard InChI is InChI=1S/C20H20ClF2N5/c21-19-17(11-24-28-18(9-12-1-2-12)25-26-20(19)28)27-7-5-13(6-8-27)15-4-3-14(22)10-16(15)23/h3-4,10-13H,1-2,5-9H2. The molecular weight excluding hydrogens is 384 g/mol. The van der Waals surface area contributed by atoms with Gasteiger partial charge in [0.05, 0.1) is 11.9 Å². The Labute approximate surface area is 166 Å². The monoisotopic (exact) mass is 403 g/mol. The Balaban J connectivity index is 1.34. The van der Waals surface area contributed by atoms with Crippen LogP contribution in [0.5, 0.6) is 0 Å². The van der Waals surface area contributed by atoms with Crippen molar-refractivity contribution in [1.82, 2.24) is 19.8 Å². The molecule has 2 aromatic heterocycles. The second kappa shape index (κ2) is 6.95. The van der Waals surface area contributed by atoms with E-state index < -0.39 is 11.6 Å². The van der Waals surface area contributed by atoms with Gasteiger partial charge in [0.15, 0.2) is 11.5 Å². The summed E-state index contributed by atoms with van der Waals surface area (Å²) in [6, 6.07) is 3.84. The number of rotatable bonds is 4.